The number of benzene rings is 2. The van der Waals surface area contributed by atoms with Gasteiger partial charge in [-0.25, -0.2) is 4.79 Å². The van der Waals surface area contributed by atoms with Crippen LogP contribution in [0.4, 0.5) is 5.69 Å². The van der Waals surface area contributed by atoms with Crippen molar-refractivity contribution < 1.29 is 23.8 Å². The van der Waals surface area contributed by atoms with Crippen molar-refractivity contribution in [3.05, 3.63) is 59.7 Å². The zero-order chi connectivity index (χ0) is 21.9. The maximum absolute atomic E-state index is 11.9. The van der Waals surface area contributed by atoms with Gasteiger partial charge in [0.25, 0.3) is 5.91 Å². The van der Waals surface area contributed by atoms with Crippen LogP contribution in [-0.4, -0.2) is 46.3 Å². The molecule has 30 heavy (non-hydrogen) atoms. The first-order valence-electron chi connectivity index (χ1n) is 9.55. The molecule has 1 amide bonds. The number of nitrogens with one attached hydrogen (secondary N) is 1. The molecule has 0 aliphatic carbocycles. The molecule has 7 nitrogen and oxygen atoms in total. The molecule has 0 aromatic heterocycles. The third kappa shape index (κ3) is 7.16. The summed E-state index contributed by atoms with van der Waals surface area (Å²) in [6.45, 7) is 1.59. The van der Waals surface area contributed by atoms with E-state index in [1.807, 2.05) is 68.4 Å². The number of carbonyl (C=O) groups is 2. The average Bonchev–Trinajstić information content (AvgIpc) is 2.75. The number of hydrogen-bond acceptors (Lipinski definition) is 6. The summed E-state index contributed by atoms with van der Waals surface area (Å²) in [5, 5.41) is 2.72. The van der Waals surface area contributed by atoms with E-state index < -0.39 is 5.97 Å². The normalized spacial score (nSPS) is 10.5. The first kappa shape index (κ1) is 22.8. The number of hydrogen-bond donors (Lipinski definition) is 1. The molecule has 2 aromatic carbocycles. The fourth-order valence-corrected chi connectivity index (χ4v) is 2.59. The Morgan fingerprint density at radius 1 is 1.03 bits per heavy atom. The lowest BCUT2D eigenvalue weighted by Crippen LogP contribution is -2.29. The number of rotatable bonds is 10. The summed E-state index contributed by atoms with van der Waals surface area (Å²) in [7, 11) is 5.45. The average molecular weight is 412 g/mol. The van der Waals surface area contributed by atoms with E-state index in [4.69, 9.17) is 14.2 Å². The van der Waals surface area contributed by atoms with Crippen LogP contribution in [0.15, 0.2) is 48.5 Å². The Hall–Kier alpha value is -3.48. The molecule has 2 aromatic rings. The van der Waals surface area contributed by atoms with Crippen molar-refractivity contribution in [1.29, 1.82) is 0 Å². The Morgan fingerprint density at radius 2 is 1.77 bits per heavy atom. The SMILES string of the molecule is C/C=C/c1ccc(OCC(=O)OCC(=O)NCc2ccc(N(C)C)cc2)c(OC)c1. The van der Waals surface area contributed by atoms with Crippen LogP contribution in [0, 0.1) is 0 Å². The predicted molar refractivity (Wildman–Crippen MR) is 117 cm³/mol. The number of allylic oxidation sites excluding steroid dienone is 1. The van der Waals surface area contributed by atoms with E-state index in [1.54, 1.807) is 12.1 Å². The molecule has 7 heteroatoms. The third-order valence-electron chi connectivity index (χ3n) is 4.20. The van der Waals surface area contributed by atoms with Gasteiger partial charge in [-0.3, -0.25) is 4.79 Å². The molecule has 0 aliphatic heterocycles. The first-order chi connectivity index (χ1) is 14.4. The van der Waals surface area contributed by atoms with Gasteiger partial charge in [-0.05, 0) is 42.3 Å². The Labute approximate surface area is 177 Å². The lowest BCUT2D eigenvalue weighted by Gasteiger charge is -2.13. The number of methoxy groups -OCH3 is 1. The summed E-state index contributed by atoms with van der Waals surface area (Å²) in [5.74, 6) is -0.0851. The van der Waals surface area contributed by atoms with Crippen molar-refractivity contribution in [2.24, 2.45) is 0 Å². The Kier molecular flexibility index (Phi) is 8.75. The number of esters is 1. The van der Waals surface area contributed by atoms with Crippen LogP contribution < -0.4 is 19.7 Å². The second-order valence-corrected chi connectivity index (χ2v) is 6.70. The molecule has 1 N–H and O–H groups in total. The molecule has 160 valence electrons. The van der Waals surface area contributed by atoms with Crippen LogP contribution in [0.2, 0.25) is 0 Å². The van der Waals surface area contributed by atoms with Gasteiger partial charge in [0.15, 0.2) is 24.7 Å². The zero-order valence-electron chi connectivity index (χ0n) is 17.8. The van der Waals surface area contributed by atoms with Gasteiger partial charge in [0.2, 0.25) is 0 Å². The number of ether oxygens (including phenoxy) is 3. The number of anilines is 1. The lowest BCUT2D eigenvalue weighted by atomic mass is 10.2. The molecule has 0 saturated carbocycles. The van der Waals surface area contributed by atoms with Gasteiger partial charge in [-0.2, -0.15) is 0 Å². The number of amides is 1. The van der Waals surface area contributed by atoms with Crippen LogP contribution in [0.3, 0.4) is 0 Å². The third-order valence-corrected chi connectivity index (χ3v) is 4.20. The Bertz CT molecular complexity index is 876. The largest absolute Gasteiger partial charge is 0.493 e. The minimum absolute atomic E-state index is 0.321. The highest BCUT2D eigenvalue weighted by Gasteiger charge is 2.11. The minimum Gasteiger partial charge on any atom is -0.493 e. The van der Waals surface area contributed by atoms with Gasteiger partial charge in [0, 0.05) is 26.3 Å². The highest BCUT2D eigenvalue weighted by atomic mass is 16.6. The van der Waals surface area contributed by atoms with Crippen molar-refractivity contribution in [2.75, 3.05) is 39.3 Å². The molecular weight excluding hydrogens is 384 g/mol. The van der Waals surface area contributed by atoms with Crippen molar-refractivity contribution in [2.45, 2.75) is 13.5 Å². The summed E-state index contributed by atoms with van der Waals surface area (Å²) >= 11 is 0. The van der Waals surface area contributed by atoms with Crippen molar-refractivity contribution >= 4 is 23.6 Å². The topological polar surface area (TPSA) is 77.1 Å². The van der Waals surface area contributed by atoms with Crippen LogP contribution >= 0.6 is 0 Å². The van der Waals surface area contributed by atoms with Gasteiger partial charge >= 0.3 is 5.97 Å². The highest BCUT2D eigenvalue weighted by Crippen LogP contribution is 2.28. The fourth-order valence-electron chi connectivity index (χ4n) is 2.59. The second-order valence-electron chi connectivity index (χ2n) is 6.70. The molecule has 0 heterocycles. The molecule has 0 fully saturated rings. The standard InChI is InChI=1S/C23H28N2O5/c1-5-6-17-9-12-20(21(13-17)28-4)29-16-23(27)30-15-22(26)24-14-18-7-10-19(11-8-18)25(2)3/h5-13H,14-16H2,1-4H3,(H,24,26)/b6-5+. The zero-order valence-corrected chi connectivity index (χ0v) is 17.8. The minimum atomic E-state index is -0.639. The van der Waals surface area contributed by atoms with Crippen LogP contribution in [0.5, 0.6) is 11.5 Å². The Morgan fingerprint density at radius 3 is 2.40 bits per heavy atom. The second kappa shape index (κ2) is 11.5. The molecular formula is C23H28N2O5. The van der Waals surface area contributed by atoms with Crippen LogP contribution in [0.25, 0.3) is 6.08 Å². The van der Waals surface area contributed by atoms with E-state index in [2.05, 4.69) is 5.32 Å². The molecule has 0 radical (unpaired) electrons. The van der Waals surface area contributed by atoms with Gasteiger partial charge < -0.3 is 24.4 Å². The number of nitrogens with zero attached hydrogens (tertiary/aromatic N) is 1. The van der Waals surface area contributed by atoms with Gasteiger partial charge in [-0.1, -0.05) is 30.4 Å². The summed E-state index contributed by atoms with van der Waals surface area (Å²) in [6, 6.07) is 13.2. The van der Waals surface area contributed by atoms with Gasteiger partial charge in [0.05, 0.1) is 7.11 Å². The van der Waals surface area contributed by atoms with E-state index in [0.717, 1.165) is 16.8 Å². The van der Waals surface area contributed by atoms with Gasteiger partial charge in [-0.15, -0.1) is 0 Å². The summed E-state index contributed by atoms with van der Waals surface area (Å²) in [5.41, 5.74) is 2.99. The van der Waals surface area contributed by atoms with Crippen LogP contribution in [0.1, 0.15) is 18.1 Å². The van der Waals surface area contributed by atoms with E-state index in [-0.39, 0.29) is 19.1 Å². The van der Waals surface area contributed by atoms with E-state index in [1.165, 1.54) is 7.11 Å². The molecule has 0 bridgehead atoms. The van der Waals surface area contributed by atoms with E-state index >= 15 is 0 Å². The molecule has 0 aliphatic rings. The fraction of sp³-hybridized carbons (Fsp3) is 0.304. The number of carbonyl (C=O) groups excluding carboxylic acids is 2. The molecule has 0 unspecified atom stereocenters. The van der Waals surface area contributed by atoms with Crippen molar-refractivity contribution in [3.63, 3.8) is 0 Å². The van der Waals surface area contributed by atoms with Crippen molar-refractivity contribution in [1.82, 2.24) is 5.32 Å². The van der Waals surface area contributed by atoms with Crippen molar-refractivity contribution in [3.8, 4) is 11.5 Å². The molecule has 2 rings (SSSR count). The highest BCUT2D eigenvalue weighted by molar-refractivity contribution is 5.81. The van der Waals surface area contributed by atoms with Crippen LogP contribution in [-0.2, 0) is 20.9 Å². The quantitative estimate of drug-likeness (QED) is 0.605. The monoisotopic (exact) mass is 412 g/mol. The predicted octanol–water partition coefficient (Wildman–Crippen LogP) is 3.03. The first-order valence-corrected chi connectivity index (χ1v) is 9.55. The molecule has 0 spiro atoms. The maximum Gasteiger partial charge on any atom is 0.344 e. The smallest absolute Gasteiger partial charge is 0.344 e. The van der Waals surface area contributed by atoms with E-state index in [9.17, 15) is 9.59 Å². The van der Waals surface area contributed by atoms with Gasteiger partial charge in [0.1, 0.15) is 0 Å². The molecule has 0 saturated heterocycles. The summed E-state index contributed by atoms with van der Waals surface area (Å²) in [6.07, 6.45) is 3.84. The van der Waals surface area contributed by atoms with E-state index in [0.29, 0.717) is 18.0 Å². The lowest BCUT2D eigenvalue weighted by molar-refractivity contribution is -0.150. The summed E-state index contributed by atoms with van der Waals surface area (Å²) < 4.78 is 15.7. The summed E-state index contributed by atoms with van der Waals surface area (Å²) in [4.78, 5) is 25.8. The maximum atomic E-state index is 11.9. The molecule has 0 atom stereocenters. The Balaban J connectivity index is 1.74.